The minimum Gasteiger partial charge on any atom is -0.490 e. The Hall–Kier alpha value is -1.98. The van der Waals surface area contributed by atoms with Gasteiger partial charge in [-0.25, -0.2) is 4.79 Å². The molecule has 4 nitrogen and oxygen atoms in total. The van der Waals surface area contributed by atoms with Crippen molar-refractivity contribution in [2.24, 2.45) is 0 Å². The van der Waals surface area contributed by atoms with Crippen molar-refractivity contribution in [1.82, 2.24) is 0 Å². The van der Waals surface area contributed by atoms with Crippen LogP contribution in [0.1, 0.15) is 18.1 Å². The molecule has 0 radical (unpaired) electrons. The molecule has 0 fully saturated rings. The molecule has 1 N–H and O–H groups in total. The highest BCUT2D eigenvalue weighted by molar-refractivity contribution is 9.10. The molecule has 0 spiro atoms. The Morgan fingerprint density at radius 2 is 1.96 bits per heavy atom. The van der Waals surface area contributed by atoms with E-state index in [9.17, 15) is 4.79 Å². The summed E-state index contributed by atoms with van der Waals surface area (Å²) in [5.74, 6) is 0.109. The third-order valence-corrected chi connectivity index (χ3v) is 3.89. The van der Waals surface area contributed by atoms with Gasteiger partial charge in [0.25, 0.3) is 0 Å². The number of hydrogen-bond acceptors (Lipinski definition) is 3. The van der Waals surface area contributed by atoms with Gasteiger partial charge in [0.1, 0.15) is 6.61 Å². The molecule has 6 heteroatoms. The van der Waals surface area contributed by atoms with Crippen LogP contribution in [0.4, 0.5) is 0 Å². The SMILES string of the molecule is CCOc1cc(C=CC(=O)O)cc(Br)c1OCc1ccc(Cl)cc1. The monoisotopic (exact) mass is 410 g/mol. The first-order valence-corrected chi connectivity index (χ1v) is 8.41. The summed E-state index contributed by atoms with van der Waals surface area (Å²) in [6, 6.07) is 10.9. The number of hydrogen-bond donors (Lipinski definition) is 1. The summed E-state index contributed by atoms with van der Waals surface area (Å²) in [6.07, 6.45) is 2.57. The Balaban J connectivity index is 2.23. The van der Waals surface area contributed by atoms with Crippen molar-refractivity contribution in [1.29, 1.82) is 0 Å². The van der Waals surface area contributed by atoms with E-state index < -0.39 is 5.97 Å². The molecule has 126 valence electrons. The van der Waals surface area contributed by atoms with E-state index in [0.29, 0.717) is 39.8 Å². The van der Waals surface area contributed by atoms with Crippen LogP contribution in [0.3, 0.4) is 0 Å². The van der Waals surface area contributed by atoms with Gasteiger partial charge >= 0.3 is 5.97 Å². The molecular formula is C18H16BrClO4. The standard InChI is InChI=1S/C18H16BrClO4/c1-2-23-16-10-13(5-8-17(21)22)9-15(19)18(16)24-11-12-3-6-14(20)7-4-12/h3-10H,2,11H2,1H3,(H,21,22). The fourth-order valence-electron chi connectivity index (χ4n) is 1.99. The minimum atomic E-state index is -1.01. The molecule has 0 aliphatic carbocycles. The largest absolute Gasteiger partial charge is 0.490 e. The number of aliphatic carboxylic acids is 1. The highest BCUT2D eigenvalue weighted by atomic mass is 79.9. The second-order valence-corrected chi connectivity index (χ2v) is 6.14. The zero-order valence-corrected chi connectivity index (χ0v) is 15.3. The second kappa shape index (κ2) is 8.76. The lowest BCUT2D eigenvalue weighted by molar-refractivity contribution is -0.131. The zero-order chi connectivity index (χ0) is 17.5. The molecule has 24 heavy (non-hydrogen) atoms. The Kier molecular flexibility index (Phi) is 6.70. The van der Waals surface area contributed by atoms with Crippen LogP contribution in [0.5, 0.6) is 11.5 Å². The maximum absolute atomic E-state index is 10.7. The van der Waals surface area contributed by atoms with E-state index in [-0.39, 0.29) is 0 Å². The van der Waals surface area contributed by atoms with E-state index in [0.717, 1.165) is 11.6 Å². The first-order valence-electron chi connectivity index (χ1n) is 7.24. The number of rotatable bonds is 7. The van der Waals surface area contributed by atoms with Gasteiger partial charge in [0.2, 0.25) is 0 Å². The summed E-state index contributed by atoms with van der Waals surface area (Å²) >= 11 is 9.33. The van der Waals surface area contributed by atoms with Crippen LogP contribution in [0.15, 0.2) is 46.9 Å². The topological polar surface area (TPSA) is 55.8 Å². The molecule has 0 saturated carbocycles. The third kappa shape index (κ3) is 5.28. The highest BCUT2D eigenvalue weighted by Crippen LogP contribution is 2.37. The summed E-state index contributed by atoms with van der Waals surface area (Å²) in [4.78, 5) is 10.7. The average Bonchev–Trinajstić information content (AvgIpc) is 2.54. The van der Waals surface area contributed by atoms with Crippen LogP contribution >= 0.6 is 27.5 Å². The van der Waals surface area contributed by atoms with E-state index in [4.69, 9.17) is 26.2 Å². The predicted octanol–water partition coefficient (Wildman–Crippen LogP) is 5.18. The van der Waals surface area contributed by atoms with Crippen LogP contribution in [-0.4, -0.2) is 17.7 Å². The summed E-state index contributed by atoms with van der Waals surface area (Å²) in [6.45, 7) is 2.70. The first kappa shape index (κ1) is 18.4. The predicted molar refractivity (Wildman–Crippen MR) is 97.8 cm³/mol. The molecule has 2 rings (SSSR count). The van der Waals surface area contributed by atoms with Gasteiger partial charge < -0.3 is 14.6 Å². The van der Waals surface area contributed by atoms with E-state index in [2.05, 4.69) is 15.9 Å². The second-order valence-electron chi connectivity index (χ2n) is 4.85. The van der Waals surface area contributed by atoms with Crippen LogP contribution < -0.4 is 9.47 Å². The van der Waals surface area contributed by atoms with E-state index in [1.165, 1.54) is 6.08 Å². The number of ether oxygens (including phenoxy) is 2. The molecule has 0 aromatic heterocycles. The van der Waals surface area contributed by atoms with Crippen LogP contribution in [0.25, 0.3) is 6.08 Å². The van der Waals surface area contributed by atoms with Crippen molar-refractivity contribution in [3.8, 4) is 11.5 Å². The van der Waals surface area contributed by atoms with Gasteiger partial charge in [-0.3, -0.25) is 0 Å². The van der Waals surface area contributed by atoms with Gasteiger partial charge in [-0.1, -0.05) is 23.7 Å². The van der Waals surface area contributed by atoms with Crippen molar-refractivity contribution >= 4 is 39.6 Å². The minimum absolute atomic E-state index is 0.361. The number of halogens is 2. The molecular weight excluding hydrogens is 396 g/mol. The summed E-state index contributed by atoms with van der Waals surface area (Å²) < 4.78 is 12.2. The van der Waals surface area contributed by atoms with Crippen molar-refractivity contribution in [3.63, 3.8) is 0 Å². The van der Waals surface area contributed by atoms with Gasteiger partial charge in [0, 0.05) is 11.1 Å². The Labute approximate surface area is 153 Å². The molecule has 2 aromatic rings. The number of benzene rings is 2. The third-order valence-electron chi connectivity index (χ3n) is 3.05. The lowest BCUT2D eigenvalue weighted by atomic mass is 10.2. The van der Waals surface area contributed by atoms with Gasteiger partial charge in [0.15, 0.2) is 11.5 Å². The average molecular weight is 412 g/mol. The number of carbonyl (C=O) groups is 1. The van der Waals surface area contributed by atoms with E-state index >= 15 is 0 Å². The Bertz CT molecular complexity index is 741. The Morgan fingerprint density at radius 1 is 1.25 bits per heavy atom. The maximum Gasteiger partial charge on any atom is 0.328 e. The van der Waals surface area contributed by atoms with Crippen molar-refractivity contribution in [3.05, 3.63) is 63.1 Å². The summed E-state index contributed by atoms with van der Waals surface area (Å²) in [5, 5.41) is 9.41. The molecule has 0 saturated heterocycles. The van der Waals surface area contributed by atoms with Crippen LogP contribution in [0.2, 0.25) is 5.02 Å². The maximum atomic E-state index is 10.7. The van der Waals surface area contributed by atoms with Gasteiger partial charge in [-0.15, -0.1) is 0 Å². The fraction of sp³-hybridized carbons (Fsp3) is 0.167. The molecule has 0 atom stereocenters. The lowest BCUT2D eigenvalue weighted by Crippen LogP contribution is -2.01. The molecule has 0 heterocycles. The molecule has 0 unspecified atom stereocenters. The van der Waals surface area contributed by atoms with E-state index in [1.54, 1.807) is 24.3 Å². The van der Waals surface area contributed by atoms with Crippen LogP contribution in [-0.2, 0) is 11.4 Å². The number of carboxylic acid groups (broad SMARTS) is 1. The molecule has 0 bridgehead atoms. The summed E-state index contributed by atoms with van der Waals surface area (Å²) in [5.41, 5.74) is 1.68. The zero-order valence-electron chi connectivity index (χ0n) is 13.0. The molecule has 0 amide bonds. The molecule has 2 aromatic carbocycles. The Morgan fingerprint density at radius 3 is 2.58 bits per heavy atom. The van der Waals surface area contributed by atoms with Gasteiger partial charge in [0.05, 0.1) is 11.1 Å². The van der Waals surface area contributed by atoms with Crippen LogP contribution in [0, 0.1) is 0 Å². The lowest BCUT2D eigenvalue weighted by Gasteiger charge is -2.15. The molecule has 0 aliphatic heterocycles. The first-order chi connectivity index (χ1) is 11.5. The van der Waals surface area contributed by atoms with Gasteiger partial charge in [-0.2, -0.15) is 0 Å². The molecule has 0 aliphatic rings. The quantitative estimate of drug-likeness (QED) is 0.638. The summed E-state index contributed by atoms with van der Waals surface area (Å²) in [7, 11) is 0. The fourth-order valence-corrected chi connectivity index (χ4v) is 2.69. The smallest absolute Gasteiger partial charge is 0.328 e. The normalized spacial score (nSPS) is 10.8. The highest BCUT2D eigenvalue weighted by Gasteiger charge is 2.12. The van der Waals surface area contributed by atoms with Crippen molar-refractivity contribution in [2.45, 2.75) is 13.5 Å². The van der Waals surface area contributed by atoms with E-state index in [1.807, 2.05) is 19.1 Å². The van der Waals surface area contributed by atoms with Crippen molar-refractivity contribution < 1.29 is 19.4 Å². The van der Waals surface area contributed by atoms with Crippen molar-refractivity contribution in [2.75, 3.05) is 6.61 Å². The van der Waals surface area contributed by atoms with Gasteiger partial charge in [-0.05, 0) is 64.3 Å². The number of carboxylic acids is 1.